The van der Waals surface area contributed by atoms with Crippen molar-refractivity contribution in [2.75, 3.05) is 7.11 Å². The fourth-order valence-electron chi connectivity index (χ4n) is 1.92. The summed E-state index contributed by atoms with van der Waals surface area (Å²) in [6.45, 7) is 2.01. The quantitative estimate of drug-likeness (QED) is 0.856. The average Bonchev–Trinajstić information content (AvgIpc) is 2.46. The number of hydrogen-bond acceptors (Lipinski definition) is 2. The Morgan fingerprint density at radius 1 is 1.15 bits per heavy atom. The zero-order valence-electron chi connectivity index (χ0n) is 11.5. The highest BCUT2D eigenvalue weighted by Gasteiger charge is 2.01. The summed E-state index contributed by atoms with van der Waals surface area (Å²) in [5.74, 6) is -0.0894. The number of carbonyl (C=O) groups is 1. The number of hydrogen-bond donors (Lipinski definition) is 1. The van der Waals surface area contributed by atoms with Gasteiger partial charge < -0.3 is 9.84 Å². The van der Waals surface area contributed by atoms with Crippen LogP contribution in [0.25, 0.3) is 12.2 Å². The van der Waals surface area contributed by atoms with Crippen molar-refractivity contribution in [1.82, 2.24) is 0 Å². The Hall–Kier alpha value is -2.55. The molecule has 0 heterocycles. The molecule has 2 aromatic rings. The average molecular weight is 268 g/mol. The van der Waals surface area contributed by atoms with Crippen LogP contribution in [0.3, 0.4) is 0 Å². The zero-order valence-corrected chi connectivity index (χ0v) is 11.5. The summed E-state index contributed by atoms with van der Waals surface area (Å²) in [5.41, 5.74) is 3.33. The van der Waals surface area contributed by atoms with E-state index in [1.165, 1.54) is 0 Å². The van der Waals surface area contributed by atoms with Crippen LogP contribution >= 0.6 is 0 Å². The Morgan fingerprint density at radius 2 is 1.95 bits per heavy atom. The van der Waals surface area contributed by atoms with Gasteiger partial charge >= 0.3 is 5.97 Å². The minimum absolute atomic E-state index is 0.290. The molecule has 0 amide bonds. The van der Waals surface area contributed by atoms with Gasteiger partial charge in [0.2, 0.25) is 0 Å². The second-order valence-electron chi connectivity index (χ2n) is 4.49. The van der Waals surface area contributed by atoms with E-state index >= 15 is 0 Å². The van der Waals surface area contributed by atoms with Gasteiger partial charge in [0.25, 0.3) is 0 Å². The third-order valence-electron chi connectivity index (χ3n) is 3.07. The predicted molar refractivity (Wildman–Crippen MR) is 80.1 cm³/mol. The van der Waals surface area contributed by atoms with E-state index in [1.54, 1.807) is 25.3 Å². The van der Waals surface area contributed by atoms with E-state index in [0.29, 0.717) is 5.56 Å². The molecule has 0 spiro atoms. The number of carboxylic acid groups (broad SMARTS) is 1. The van der Waals surface area contributed by atoms with Gasteiger partial charge in [-0.1, -0.05) is 30.4 Å². The molecular weight excluding hydrogens is 252 g/mol. The summed E-state index contributed by atoms with van der Waals surface area (Å²) < 4.78 is 5.17. The van der Waals surface area contributed by atoms with Crippen LogP contribution in [0.1, 0.15) is 27.0 Å². The van der Waals surface area contributed by atoms with Crippen LogP contribution in [-0.2, 0) is 0 Å². The fraction of sp³-hybridized carbons (Fsp3) is 0.118. The third kappa shape index (κ3) is 3.26. The molecule has 0 unspecified atom stereocenters. The van der Waals surface area contributed by atoms with Gasteiger partial charge in [-0.25, -0.2) is 4.79 Å². The van der Waals surface area contributed by atoms with Gasteiger partial charge in [-0.05, 0) is 47.9 Å². The van der Waals surface area contributed by atoms with Crippen LogP contribution < -0.4 is 4.74 Å². The van der Waals surface area contributed by atoms with Crippen molar-refractivity contribution >= 4 is 18.1 Å². The van der Waals surface area contributed by atoms with Gasteiger partial charge in [0.15, 0.2) is 0 Å². The van der Waals surface area contributed by atoms with Gasteiger partial charge in [-0.2, -0.15) is 0 Å². The maximum atomic E-state index is 10.9. The first-order valence-electron chi connectivity index (χ1n) is 6.26. The molecule has 0 aliphatic heterocycles. The van der Waals surface area contributed by atoms with Crippen molar-refractivity contribution in [2.24, 2.45) is 0 Å². The second-order valence-corrected chi connectivity index (χ2v) is 4.49. The van der Waals surface area contributed by atoms with E-state index in [2.05, 4.69) is 0 Å². The lowest BCUT2D eigenvalue weighted by atomic mass is 10.1. The summed E-state index contributed by atoms with van der Waals surface area (Å²) in [6.07, 6.45) is 3.87. The van der Waals surface area contributed by atoms with Gasteiger partial charge in [-0.15, -0.1) is 0 Å². The maximum Gasteiger partial charge on any atom is 0.335 e. The van der Waals surface area contributed by atoms with Gasteiger partial charge in [0.1, 0.15) is 5.75 Å². The van der Waals surface area contributed by atoms with Gasteiger partial charge in [-0.3, -0.25) is 0 Å². The molecule has 3 heteroatoms. The van der Waals surface area contributed by atoms with Gasteiger partial charge in [0, 0.05) is 0 Å². The Morgan fingerprint density at radius 3 is 2.60 bits per heavy atom. The zero-order chi connectivity index (χ0) is 14.5. The van der Waals surface area contributed by atoms with Crippen LogP contribution in [0, 0.1) is 6.92 Å². The SMILES string of the molecule is COc1ccc(/C=C\c2cccc(C(=O)O)c2)c(C)c1. The number of aromatic carboxylic acids is 1. The molecule has 0 aliphatic rings. The molecule has 0 saturated heterocycles. The number of rotatable bonds is 4. The van der Waals surface area contributed by atoms with Crippen molar-refractivity contribution in [3.8, 4) is 5.75 Å². The van der Waals surface area contributed by atoms with E-state index in [0.717, 1.165) is 22.4 Å². The molecule has 20 heavy (non-hydrogen) atoms. The van der Waals surface area contributed by atoms with Crippen molar-refractivity contribution < 1.29 is 14.6 Å². The lowest BCUT2D eigenvalue weighted by Gasteiger charge is -2.04. The fourth-order valence-corrected chi connectivity index (χ4v) is 1.92. The van der Waals surface area contributed by atoms with Crippen LogP contribution in [0.4, 0.5) is 0 Å². The highest BCUT2D eigenvalue weighted by molar-refractivity contribution is 5.88. The Balaban J connectivity index is 2.25. The van der Waals surface area contributed by atoms with E-state index < -0.39 is 5.97 Å². The standard InChI is InChI=1S/C17H16O3/c1-12-10-16(20-2)9-8-14(12)7-6-13-4-3-5-15(11-13)17(18)19/h3-11H,1-2H3,(H,18,19)/b7-6-. The first-order valence-corrected chi connectivity index (χ1v) is 6.26. The van der Waals surface area contributed by atoms with Crippen LogP contribution in [0.15, 0.2) is 42.5 Å². The minimum Gasteiger partial charge on any atom is -0.497 e. The number of aryl methyl sites for hydroxylation is 1. The molecule has 0 aromatic heterocycles. The lowest BCUT2D eigenvalue weighted by molar-refractivity contribution is 0.0697. The second kappa shape index (κ2) is 6.06. The molecule has 1 N–H and O–H groups in total. The number of benzene rings is 2. The summed E-state index contributed by atoms with van der Waals surface area (Å²) in [6, 6.07) is 12.7. The van der Waals surface area contributed by atoms with E-state index in [1.807, 2.05) is 43.3 Å². The van der Waals surface area contributed by atoms with Gasteiger partial charge in [0.05, 0.1) is 12.7 Å². The number of methoxy groups -OCH3 is 1. The summed E-state index contributed by atoms with van der Waals surface area (Å²) in [4.78, 5) is 10.9. The van der Waals surface area contributed by atoms with Crippen molar-refractivity contribution in [3.05, 3.63) is 64.7 Å². The van der Waals surface area contributed by atoms with E-state index in [-0.39, 0.29) is 0 Å². The largest absolute Gasteiger partial charge is 0.497 e. The van der Waals surface area contributed by atoms with Crippen LogP contribution in [0.5, 0.6) is 5.75 Å². The highest BCUT2D eigenvalue weighted by Crippen LogP contribution is 2.19. The smallest absolute Gasteiger partial charge is 0.335 e. The molecule has 0 fully saturated rings. The van der Waals surface area contributed by atoms with Crippen LogP contribution in [-0.4, -0.2) is 18.2 Å². The Kier molecular flexibility index (Phi) is 4.20. The van der Waals surface area contributed by atoms with Crippen LogP contribution in [0.2, 0.25) is 0 Å². The van der Waals surface area contributed by atoms with Crippen molar-refractivity contribution in [3.63, 3.8) is 0 Å². The minimum atomic E-state index is -0.916. The molecule has 2 aromatic carbocycles. The molecule has 0 aliphatic carbocycles. The topological polar surface area (TPSA) is 46.5 Å². The Bertz CT molecular complexity index is 657. The molecule has 0 atom stereocenters. The Labute approximate surface area is 118 Å². The monoisotopic (exact) mass is 268 g/mol. The summed E-state index contributed by atoms with van der Waals surface area (Å²) in [7, 11) is 1.64. The van der Waals surface area contributed by atoms with Crippen molar-refractivity contribution in [1.29, 1.82) is 0 Å². The molecule has 0 bridgehead atoms. The molecule has 0 radical (unpaired) electrons. The highest BCUT2D eigenvalue weighted by atomic mass is 16.5. The predicted octanol–water partition coefficient (Wildman–Crippen LogP) is 3.87. The molecule has 0 saturated carbocycles. The molecule has 3 nitrogen and oxygen atoms in total. The molecule has 2 rings (SSSR count). The molecular formula is C17H16O3. The number of carboxylic acids is 1. The van der Waals surface area contributed by atoms with E-state index in [9.17, 15) is 4.79 Å². The number of ether oxygens (including phenoxy) is 1. The third-order valence-corrected chi connectivity index (χ3v) is 3.07. The van der Waals surface area contributed by atoms with Crippen molar-refractivity contribution in [2.45, 2.75) is 6.92 Å². The normalized spacial score (nSPS) is 10.7. The lowest BCUT2D eigenvalue weighted by Crippen LogP contribution is -1.95. The summed E-state index contributed by atoms with van der Waals surface area (Å²) >= 11 is 0. The van der Waals surface area contributed by atoms with E-state index in [4.69, 9.17) is 9.84 Å². The first kappa shape index (κ1) is 13.9. The first-order chi connectivity index (χ1) is 9.60. The maximum absolute atomic E-state index is 10.9. The molecule has 102 valence electrons. The summed E-state index contributed by atoms with van der Waals surface area (Å²) in [5, 5.41) is 8.96.